The predicted octanol–water partition coefficient (Wildman–Crippen LogP) is 2.39. The van der Waals surface area contributed by atoms with E-state index in [2.05, 4.69) is 15.3 Å². The number of rotatable bonds is 6. The maximum absolute atomic E-state index is 12.4. The molecule has 0 fully saturated rings. The quantitative estimate of drug-likeness (QED) is 0.609. The van der Waals surface area contributed by atoms with Crippen molar-refractivity contribution in [2.24, 2.45) is 5.73 Å². The average Bonchev–Trinajstić information content (AvgIpc) is 2.70. The molecule has 0 saturated carbocycles. The van der Waals surface area contributed by atoms with Crippen LogP contribution in [0.15, 0.2) is 67.1 Å². The van der Waals surface area contributed by atoms with Gasteiger partial charge in [-0.25, -0.2) is 9.78 Å². The number of amides is 3. The van der Waals surface area contributed by atoms with E-state index in [4.69, 9.17) is 11.5 Å². The number of benzene rings is 1. The molecule has 0 spiro atoms. The van der Waals surface area contributed by atoms with Crippen molar-refractivity contribution in [2.75, 3.05) is 11.1 Å². The summed E-state index contributed by atoms with van der Waals surface area (Å²) in [6, 6.07) is 13.4. The molecular weight excluding hydrogens is 356 g/mol. The zero-order valence-electron chi connectivity index (χ0n) is 15.1. The van der Waals surface area contributed by atoms with Gasteiger partial charge in [-0.2, -0.15) is 0 Å². The van der Waals surface area contributed by atoms with Crippen molar-refractivity contribution in [3.63, 3.8) is 0 Å². The average molecular weight is 376 g/mol. The molecule has 8 heteroatoms. The van der Waals surface area contributed by atoms with E-state index in [1.165, 1.54) is 4.90 Å². The zero-order chi connectivity index (χ0) is 19.9. The Balaban J connectivity index is 1.66. The van der Waals surface area contributed by atoms with Gasteiger partial charge in [0.15, 0.2) is 0 Å². The third-order valence-electron chi connectivity index (χ3n) is 4.08. The molecule has 2 aromatic heterocycles. The number of nitrogen functional groups attached to an aromatic ring is 1. The van der Waals surface area contributed by atoms with Crippen molar-refractivity contribution in [3.8, 4) is 0 Å². The second kappa shape index (κ2) is 8.63. The van der Waals surface area contributed by atoms with E-state index in [9.17, 15) is 9.59 Å². The van der Waals surface area contributed by atoms with Gasteiger partial charge in [-0.15, -0.1) is 0 Å². The fourth-order valence-corrected chi connectivity index (χ4v) is 2.62. The number of nitrogens with zero attached hydrogens (tertiary/aromatic N) is 3. The van der Waals surface area contributed by atoms with Gasteiger partial charge in [0, 0.05) is 37.2 Å². The number of nitrogens with two attached hydrogens (primary N) is 2. The molecule has 3 aromatic rings. The number of pyridine rings is 2. The molecule has 28 heavy (non-hydrogen) atoms. The normalized spacial score (nSPS) is 10.3. The van der Waals surface area contributed by atoms with Gasteiger partial charge in [-0.05, 0) is 41.5 Å². The first-order chi connectivity index (χ1) is 13.5. The van der Waals surface area contributed by atoms with E-state index < -0.39 is 6.03 Å². The highest BCUT2D eigenvalue weighted by Crippen LogP contribution is 2.16. The zero-order valence-corrected chi connectivity index (χ0v) is 15.1. The molecular formula is C20H20N6O2. The molecule has 0 aliphatic heterocycles. The molecule has 142 valence electrons. The minimum absolute atomic E-state index is 0.250. The molecule has 0 aliphatic carbocycles. The lowest BCUT2D eigenvalue weighted by Gasteiger charge is -2.20. The van der Waals surface area contributed by atoms with Crippen LogP contribution in [0.1, 0.15) is 21.5 Å². The molecule has 8 nitrogen and oxygen atoms in total. The highest BCUT2D eigenvalue weighted by molar-refractivity contribution is 6.05. The summed E-state index contributed by atoms with van der Waals surface area (Å²) in [6.07, 6.45) is 4.91. The van der Waals surface area contributed by atoms with Gasteiger partial charge in [-0.1, -0.05) is 18.2 Å². The second-order valence-electron chi connectivity index (χ2n) is 6.14. The maximum atomic E-state index is 12.4. The Labute approximate surface area is 162 Å². The minimum atomic E-state index is -0.530. The molecule has 2 heterocycles. The van der Waals surface area contributed by atoms with Crippen LogP contribution in [0.5, 0.6) is 0 Å². The summed E-state index contributed by atoms with van der Waals surface area (Å²) in [6.45, 7) is 0.674. The van der Waals surface area contributed by atoms with Crippen molar-refractivity contribution >= 4 is 23.4 Å². The first-order valence-corrected chi connectivity index (χ1v) is 8.57. The van der Waals surface area contributed by atoms with Gasteiger partial charge in [-0.3, -0.25) is 9.78 Å². The minimum Gasteiger partial charge on any atom is -0.382 e. The lowest BCUT2D eigenvalue weighted by atomic mass is 10.1. The Hall–Kier alpha value is -3.94. The molecule has 0 bridgehead atoms. The molecule has 3 rings (SSSR count). The number of nitrogens with one attached hydrogen (secondary N) is 1. The Bertz CT molecular complexity index is 960. The summed E-state index contributed by atoms with van der Waals surface area (Å²) in [5.74, 6) is -0.0478. The van der Waals surface area contributed by atoms with Crippen molar-refractivity contribution in [2.45, 2.75) is 13.1 Å². The van der Waals surface area contributed by atoms with Gasteiger partial charge in [0.2, 0.25) is 0 Å². The summed E-state index contributed by atoms with van der Waals surface area (Å²) in [5.41, 5.74) is 13.9. The van der Waals surface area contributed by atoms with Gasteiger partial charge < -0.3 is 21.7 Å². The largest absolute Gasteiger partial charge is 0.382 e. The highest BCUT2D eigenvalue weighted by atomic mass is 16.2. The first-order valence-electron chi connectivity index (χ1n) is 8.57. The SMILES string of the molecule is NC(=O)N(Cc1ccc(C(=O)Nc2cccnc2N)cc1)Cc1cccnc1. The van der Waals surface area contributed by atoms with Crippen molar-refractivity contribution in [1.29, 1.82) is 0 Å². The lowest BCUT2D eigenvalue weighted by Crippen LogP contribution is -2.34. The third kappa shape index (κ3) is 4.82. The van der Waals surface area contributed by atoms with Crippen LogP contribution in [0.3, 0.4) is 0 Å². The van der Waals surface area contributed by atoms with Crippen LogP contribution in [0.25, 0.3) is 0 Å². The van der Waals surface area contributed by atoms with E-state index in [1.807, 2.05) is 6.07 Å². The number of hydrogen-bond acceptors (Lipinski definition) is 5. The van der Waals surface area contributed by atoms with Crippen molar-refractivity contribution in [1.82, 2.24) is 14.9 Å². The number of anilines is 2. The molecule has 0 unspecified atom stereocenters. The van der Waals surface area contributed by atoms with Crippen LogP contribution in [0, 0.1) is 0 Å². The molecule has 1 aromatic carbocycles. The standard InChI is InChI=1S/C20H20N6O2/c21-18-17(4-2-10-24-18)25-19(27)16-7-5-14(6-8-16)12-26(20(22)28)13-15-3-1-9-23-11-15/h1-11H,12-13H2,(H2,21,24)(H2,22,28)(H,25,27). The predicted molar refractivity (Wildman–Crippen MR) is 106 cm³/mol. The maximum Gasteiger partial charge on any atom is 0.315 e. The van der Waals surface area contributed by atoms with Crippen LogP contribution in [0.4, 0.5) is 16.3 Å². The van der Waals surface area contributed by atoms with Crippen LogP contribution < -0.4 is 16.8 Å². The number of aromatic nitrogens is 2. The summed E-state index contributed by atoms with van der Waals surface area (Å²) < 4.78 is 0. The number of urea groups is 1. The molecule has 3 amide bonds. The fourth-order valence-electron chi connectivity index (χ4n) is 2.62. The lowest BCUT2D eigenvalue weighted by molar-refractivity contribution is 0.102. The molecule has 5 N–H and O–H groups in total. The van der Waals surface area contributed by atoms with Gasteiger partial charge in [0.25, 0.3) is 5.91 Å². The third-order valence-corrected chi connectivity index (χ3v) is 4.08. The fraction of sp³-hybridized carbons (Fsp3) is 0.100. The number of hydrogen-bond donors (Lipinski definition) is 3. The Morgan fingerprint density at radius 1 is 0.964 bits per heavy atom. The summed E-state index contributed by atoms with van der Waals surface area (Å²) in [4.78, 5) is 33.6. The van der Waals surface area contributed by atoms with E-state index in [1.54, 1.807) is 61.1 Å². The molecule has 0 atom stereocenters. The van der Waals surface area contributed by atoms with E-state index in [0.717, 1.165) is 11.1 Å². The van der Waals surface area contributed by atoms with Gasteiger partial charge >= 0.3 is 6.03 Å². The molecule has 0 saturated heterocycles. The Morgan fingerprint density at radius 3 is 2.32 bits per heavy atom. The van der Waals surface area contributed by atoms with Crippen LogP contribution in [-0.4, -0.2) is 26.8 Å². The number of primary amides is 1. The number of carbonyl (C=O) groups excluding carboxylic acids is 2. The monoisotopic (exact) mass is 376 g/mol. The smallest absolute Gasteiger partial charge is 0.315 e. The second-order valence-corrected chi connectivity index (χ2v) is 6.14. The Morgan fingerprint density at radius 2 is 1.68 bits per heavy atom. The molecule has 0 aliphatic rings. The first kappa shape index (κ1) is 18.8. The van der Waals surface area contributed by atoms with Gasteiger partial charge in [0.1, 0.15) is 5.82 Å². The van der Waals surface area contributed by atoms with Crippen molar-refractivity contribution < 1.29 is 9.59 Å². The van der Waals surface area contributed by atoms with Crippen LogP contribution in [0.2, 0.25) is 0 Å². The Kier molecular flexibility index (Phi) is 5.81. The van der Waals surface area contributed by atoms with E-state index in [0.29, 0.717) is 24.3 Å². The molecule has 0 radical (unpaired) electrons. The van der Waals surface area contributed by atoms with Crippen molar-refractivity contribution in [3.05, 3.63) is 83.8 Å². The van der Waals surface area contributed by atoms with E-state index >= 15 is 0 Å². The summed E-state index contributed by atoms with van der Waals surface area (Å²) in [5, 5.41) is 2.72. The summed E-state index contributed by atoms with van der Waals surface area (Å²) in [7, 11) is 0. The number of carbonyl (C=O) groups is 2. The summed E-state index contributed by atoms with van der Waals surface area (Å²) >= 11 is 0. The van der Waals surface area contributed by atoms with Crippen LogP contribution >= 0.6 is 0 Å². The van der Waals surface area contributed by atoms with E-state index in [-0.39, 0.29) is 11.7 Å². The topological polar surface area (TPSA) is 127 Å². The highest BCUT2D eigenvalue weighted by Gasteiger charge is 2.13. The van der Waals surface area contributed by atoms with Crippen LogP contribution in [-0.2, 0) is 13.1 Å². The van der Waals surface area contributed by atoms with Gasteiger partial charge in [0.05, 0.1) is 5.69 Å².